The predicted octanol–water partition coefficient (Wildman–Crippen LogP) is 2.23. The largest absolute Gasteiger partial charge is 0.493 e. The molecule has 2 heterocycles. The lowest BCUT2D eigenvalue weighted by molar-refractivity contribution is 0.344. The van der Waals surface area contributed by atoms with E-state index in [1.165, 1.54) is 17.5 Å². The third-order valence-electron chi connectivity index (χ3n) is 3.90. The highest BCUT2D eigenvalue weighted by Gasteiger charge is 2.28. The predicted molar refractivity (Wildman–Crippen MR) is 76.1 cm³/mol. The Kier molecular flexibility index (Phi) is 3.34. The summed E-state index contributed by atoms with van der Waals surface area (Å²) in [5.41, 5.74) is 2.81. The minimum absolute atomic E-state index is 0.216. The maximum atomic E-state index is 5.76. The molecule has 1 fully saturated rings. The van der Waals surface area contributed by atoms with E-state index >= 15 is 0 Å². The highest BCUT2D eigenvalue weighted by Crippen LogP contribution is 2.33. The van der Waals surface area contributed by atoms with Gasteiger partial charge in [0.25, 0.3) is 0 Å². The van der Waals surface area contributed by atoms with Gasteiger partial charge in [0.05, 0.1) is 6.61 Å². The van der Waals surface area contributed by atoms with Gasteiger partial charge in [-0.2, -0.15) is 0 Å². The molecule has 1 atom stereocenters. The van der Waals surface area contributed by atoms with Gasteiger partial charge in [-0.1, -0.05) is 15.9 Å². The van der Waals surface area contributed by atoms with Gasteiger partial charge < -0.3 is 15.4 Å². The van der Waals surface area contributed by atoms with Gasteiger partial charge in [0.15, 0.2) is 0 Å². The Hall–Kier alpha value is -0.580. The number of ether oxygens (including phenoxy) is 1. The summed E-state index contributed by atoms with van der Waals surface area (Å²) in [6.07, 6.45) is 2.21. The van der Waals surface area contributed by atoms with Crippen LogP contribution in [0.2, 0.25) is 0 Å². The summed E-state index contributed by atoms with van der Waals surface area (Å²) >= 11 is 3.59. The van der Waals surface area contributed by atoms with Crippen LogP contribution in [0.25, 0.3) is 0 Å². The van der Waals surface area contributed by atoms with E-state index in [1.54, 1.807) is 0 Å². The number of fused-ring (bicyclic) bond motifs is 1. The number of hydrogen-bond donors (Lipinski definition) is 2. The molecule has 0 spiro atoms. The zero-order valence-electron chi connectivity index (χ0n) is 10.7. The van der Waals surface area contributed by atoms with Gasteiger partial charge in [-0.15, -0.1) is 0 Å². The molecule has 0 amide bonds. The lowest BCUT2D eigenvalue weighted by Crippen LogP contribution is -2.43. The molecule has 2 aliphatic rings. The van der Waals surface area contributed by atoms with Gasteiger partial charge >= 0.3 is 0 Å². The fourth-order valence-electron chi connectivity index (χ4n) is 2.75. The third-order valence-corrected chi connectivity index (χ3v) is 4.36. The lowest BCUT2D eigenvalue weighted by atomic mass is 10.0. The third kappa shape index (κ3) is 2.42. The van der Waals surface area contributed by atoms with Gasteiger partial charge in [-0.25, -0.2) is 0 Å². The average molecular weight is 311 g/mol. The topological polar surface area (TPSA) is 33.3 Å². The number of hydrogen-bond acceptors (Lipinski definition) is 3. The summed E-state index contributed by atoms with van der Waals surface area (Å²) in [7, 11) is 0. The molecule has 0 radical (unpaired) electrons. The van der Waals surface area contributed by atoms with Crippen LogP contribution in [0.1, 0.15) is 24.5 Å². The number of nitrogens with one attached hydrogen (secondary N) is 2. The van der Waals surface area contributed by atoms with Crippen LogP contribution in [0.3, 0.4) is 0 Å². The normalized spacial score (nSPS) is 26.1. The zero-order valence-corrected chi connectivity index (χ0v) is 12.3. The molecule has 1 aromatic carbocycles. The van der Waals surface area contributed by atoms with Crippen LogP contribution in [0, 0.1) is 0 Å². The van der Waals surface area contributed by atoms with Crippen LogP contribution in [0.15, 0.2) is 16.6 Å². The first kappa shape index (κ1) is 12.5. The Labute approximate surface area is 116 Å². The van der Waals surface area contributed by atoms with E-state index in [0.29, 0.717) is 0 Å². The smallest absolute Gasteiger partial charge is 0.127 e. The second-order valence-corrected chi connectivity index (χ2v) is 6.41. The quantitative estimate of drug-likeness (QED) is 0.898. The van der Waals surface area contributed by atoms with Crippen LogP contribution in [0.5, 0.6) is 5.75 Å². The second kappa shape index (κ2) is 4.83. The molecule has 1 unspecified atom stereocenters. The Morgan fingerprint density at radius 1 is 1.50 bits per heavy atom. The molecular weight excluding hydrogens is 292 g/mol. The molecule has 0 saturated carbocycles. The van der Waals surface area contributed by atoms with Crippen LogP contribution in [0.4, 0.5) is 0 Å². The fraction of sp³-hybridized carbons (Fsp3) is 0.571. The highest BCUT2D eigenvalue weighted by molar-refractivity contribution is 9.10. The number of rotatable bonds is 3. The Bertz CT molecular complexity index is 455. The molecule has 18 heavy (non-hydrogen) atoms. The molecule has 3 nitrogen and oxygen atoms in total. The molecule has 0 aromatic heterocycles. The van der Waals surface area contributed by atoms with Crippen LogP contribution in [-0.4, -0.2) is 25.2 Å². The molecule has 0 bridgehead atoms. The van der Waals surface area contributed by atoms with E-state index < -0.39 is 0 Å². The highest BCUT2D eigenvalue weighted by atomic mass is 79.9. The van der Waals surface area contributed by atoms with Gasteiger partial charge in [-0.05, 0) is 37.6 Å². The van der Waals surface area contributed by atoms with Crippen molar-refractivity contribution in [2.24, 2.45) is 0 Å². The van der Waals surface area contributed by atoms with Crippen molar-refractivity contribution < 1.29 is 4.74 Å². The molecule has 2 N–H and O–H groups in total. The summed E-state index contributed by atoms with van der Waals surface area (Å²) in [5.74, 6) is 1.10. The van der Waals surface area contributed by atoms with Gasteiger partial charge in [0.1, 0.15) is 5.75 Å². The second-order valence-electron chi connectivity index (χ2n) is 5.49. The summed E-state index contributed by atoms with van der Waals surface area (Å²) < 4.78 is 6.91. The Morgan fingerprint density at radius 3 is 3.17 bits per heavy atom. The summed E-state index contributed by atoms with van der Waals surface area (Å²) in [6.45, 7) is 6.13. The van der Waals surface area contributed by atoms with Crippen molar-refractivity contribution in [2.45, 2.75) is 31.8 Å². The van der Waals surface area contributed by atoms with E-state index in [0.717, 1.165) is 42.9 Å². The molecule has 0 aliphatic carbocycles. The monoisotopic (exact) mass is 310 g/mol. The average Bonchev–Trinajstić information content (AvgIpc) is 2.95. The van der Waals surface area contributed by atoms with E-state index in [9.17, 15) is 0 Å². The van der Waals surface area contributed by atoms with E-state index in [1.807, 2.05) is 0 Å². The maximum absolute atomic E-state index is 5.76. The van der Waals surface area contributed by atoms with E-state index in [-0.39, 0.29) is 5.54 Å². The van der Waals surface area contributed by atoms with Crippen LogP contribution < -0.4 is 15.4 Å². The van der Waals surface area contributed by atoms with E-state index in [4.69, 9.17) is 4.74 Å². The van der Waals surface area contributed by atoms with Gasteiger partial charge in [0, 0.05) is 35.1 Å². The number of halogens is 1. The molecule has 1 aromatic rings. The van der Waals surface area contributed by atoms with Crippen molar-refractivity contribution in [1.29, 1.82) is 0 Å². The molecule has 2 aliphatic heterocycles. The summed E-state index contributed by atoms with van der Waals surface area (Å²) in [5, 5.41) is 7.08. The minimum atomic E-state index is 0.216. The molecule has 1 saturated heterocycles. The number of benzene rings is 1. The molecule has 3 rings (SSSR count). The molecular formula is C14H19BrN2O. The van der Waals surface area contributed by atoms with Crippen LogP contribution >= 0.6 is 15.9 Å². The Morgan fingerprint density at radius 2 is 2.39 bits per heavy atom. The van der Waals surface area contributed by atoms with Crippen molar-refractivity contribution >= 4 is 15.9 Å². The summed E-state index contributed by atoms with van der Waals surface area (Å²) in [4.78, 5) is 0. The first-order chi connectivity index (χ1) is 8.66. The van der Waals surface area contributed by atoms with Crippen molar-refractivity contribution in [3.8, 4) is 5.75 Å². The maximum Gasteiger partial charge on any atom is 0.127 e. The first-order valence-electron chi connectivity index (χ1n) is 6.56. The minimum Gasteiger partial charge on any atom is -0.493 e. The van der Waals surface area contributed by atoms with Gasteiger partial charge in [-0.3, -0.25) is 0 Å². The molecule has 98 valence electrons. The fourth-order valence-corrected chi connectivity index (χ4v) is 3.31. The van der Waals surface area contributed by atoms with Crippen molar-refractivity contribution in [2.75, 3.05) is 19.7 Å². The van der Waals surface area contributed by atoms with E-state index in [2.05, 4.69) is 45.6 Å². The van der Waals surface area contributed by atoms with Crippen molar-refractivity contribution in [1.82, 2.24) is 10.6 Å². The van der Waals surface area contributed by atoms with Gasteiger partial charge in [0.2, 0.25) is 0 Å². The van der Waals surface area contributed by atoms with Crippen LogP contribution in [-0.2, 0) is 13.0 Å². The van der Waals surface area contributed by atoms with Crippen molar-refractivity contribution in [3.05, 3.63) is 27.7 Å². The van der Waals surface area contributed by atoms with Crippen molar-refractivity contribution in [3.63, 3.8) is 0 Å². The molecule has 4 heteroatoms. The SMILES string of the molecule is CC1(NCc2cc(Br)cc3c2OCC3)CCNC1. The first-order valence-corrected chi connectivity index (χ1v) is 7.35. The summed E-state index contributed by atoms with van der Waals surface area (Å²) in [6, 6.07) is 4.34. The standard InChI is InChI=1S/C14H19BrN2O/c1-14(3-4-16-9-14)17-8-11-7-12(15)6-10-2-5-18-13(10)11/h6-7,16-17H,2-5,8-9H2,1H3. The Balaban J connectivity index is 1.76. The zero-order chi connectivity index (χ0) is 12.6. The lowest BCUT2D eigenvalue weighted by Gasteiger charge is -2.25.